The SMILES string of the molecule is COC/C=C\c1c(C)c(-c2cc3cccnc3[nH]2)cn1CC(N)=O. The molecule has 6 heteroatoms. The van der Waals surface area contributed by atoms with Gasteiger partial charge in [0.05, 0.1) is 6.61 Å². The number of nitrogens with zero attached hydrogens (tertiary/aromatic N) is 2. The summed E-state index contributed by atoms with van der Waals surface area (Å²) in [5.41, 5.74) is 10.2. The number of rotatable bonds is 6. The molecule has 3 rings (SSSR count). The first-order chi connectivity index (χ1) is 11.6. The van der Waals surface area contributed by atoms with E-state index in [9.17, 15) is 4.79 Å². The van der Waals surface area contributed by atoms with E-state index in [1.165, 1.54) is 0 Å². The van der Waals surface area contributed by atoms with Gasteiger partial charge in [0.25, 0.3) is 0 Å². The molecular weight excluding hydrogens is 304 g/mol. The van der Waals surface area contributed by atoms with Crippen LogP contribution in [0.15, 0.2) is 36.7 Å². The van der Waals surface area contributed by atoms with Crippen LogP contribution in [-0.4, -0.2) is 34.2 Å². The predicted octanol–water partition coefficient (Wildman–Crippen LogP) is 2.48. The number of primary amides is 1. The minimum Gasteiger partial charge on any atom is -0.381 e. The van der Waals surface area contributed by atoms with Crippen LogP contribution in [0.5, 0.6) is 0 Å². The van der Waals surface area contributed by atoms with Crippen LogP contribution in [0.2, 0.25) is 0 Å². The molecule has 0 atom stereocenters. The molecule has 0 aliphatic carbocycles. The molecule has 0 radical (unpaired) electrons. The van der Waals surface area contributed by atoms with Crippen LogP contribution in [-0.2, 0) is 16.1 Å². The Morgan fingerprint density at radius 1 is 1.50 bits per heavy atom. The van der Waals surface area contributed by atoms with Gasteiger partial charge in [0.15, 0.2) is 0 Å². The smallest absolute Gasteiger partial charge is 0.237 e. The highest BCUT2D eigenvalue weighted by atomic mass is 16.5. The maximum atomic E-state index is 11.4. The molecule has 24 heavy (non-hydrogen) atoms. The highest BCUT2D eigenvalue weighted by Gasteiger charge is 2.15. The monoisotopic (exact) mass is 324 g/mol. The van der Waals surface area contributed by atoms with Gasteiger partial charge in [0.1, 0.15) is 12.2 Å². The molecule has 0 aromatic carbocycles. The van der Waals surface area contributed by atoms with E-state index in [4.69, 9.17) is 10.5 Å². The zero-order valence-corrected chi connectivity index (χ0v) is 13.7. The van der Waals surface area contributed by atoms with E-state index in [1.807, 2.05) is 42.0 Å². The van der Waals surface area contributed by atoms with Crippen molar-refractivity contribution >= 4 is 23.0 Å². The third-order valence-electron chi connectivity index (χ3n) is 3.93. The number of ether oxygens (including phenoxy) is 1. The Morgan fingerprint density at radius 2 is 2.33 bits per heavy atom. The number of aromatic nitrogens is 3. The molecule has 3 aromatic heterocycles. The fourth-order valence-electron chi connectivity index (χ4n) is 2.83. The highest BCUT2D eigenvalue weighted by molar-refractivity contribution is 5.84. The van der Waals surface area contributed by atoms with Gasteiger partial charge < -0.3 is 20.0 Å². The maximum absolute atomic E-state index is 11.4. The second-order valence-electron chi connectivity index (χ2n) is 5.63. The molecule has 6 nitrogen and oxygen atoms in total. The van der Waals surface area contributed by atoms with Crippen molar-refractivity contribution in [2.75, 3.05) is 13.7 Å². The summed E-state index contributed by atoms with van der Waals surface area (Å²) in [5.74, 6) is -0.378. The van der Waals surface area contributed by atoms with E-state index in [-0.39, 0.29) is 12.5 Å². The summed E-state index contributed by atoms with van der Waals surface area (Å²) in [6.07, 6.45) is 7.56. The summed E-state index contributed by atoms with van der Waals surface area (Å²) in [6.45, 7) is 2.66. The van der Waals surface area contributed by atoms with Crippen LogP contribution >= 0.6 is 0 Å². The second kappa shape index (κ2) is 6.72. The second-order valence-corrected chi connectivity index (χ2v) is 5.63. The van der Waals surface area contributed by atoms with E-state index in [2.05, 4.69) is 16.0 Å². The minimum atomic E-state index is -0.378. The summed E-state index contributed by atoms with van der Waals surface area (Å²) in [4.78, 5) is 19.0. The third-order valence-corrected chi connectivity index (χ3v) is 3.93. The van der Waals surface area contributed by atoms with Crippen molar-refractivity contribution in [1.29, 1.82) is 0 Å². The van der Waals surface area contributed by atoms with Gasteiger partial charge in [-0.1, -0.05) is 6.08 Å². The first-order valence-corrected chi connectivity index (χ1v) is 7.67. The Kier molecular flexibility index (Phi) is 4.48. The van der Waals surface area contributed by atoms with Crippen LogP contribution in [0.1, 0.15) is 11.3 Å². The number of hydrogen-bond acceptors (Lipinski definition) is 3. The van der Waals surface area contributed by atoms with E-state index in [1.54, 1.807) is 13.3 Å². The van der Waals surface area contributed by atoms with Crippen molar-refractivity contribution in [3.63, 3.8) is 0 Å². The quantitative estimate of drug-likeness (QED) is 0.730. The number of pyridine rings is 1. The molecule has 0 aliphatic rings. The number of fused-ring (bicyclic) bond motifs is 1. The lowest BCUT2D eigenvalue weighted by Gasteiger charge is -2.03. The average Bonchev–Trinajstić information content (AvgIpc) is 3.10. The van der Waals surface area contributed by atoms with Crippen LogP contribution < -0.4 is 5.73 Å². The zero-order chi connectivity index (χ0) is 17.1. The summed E-state index contributed by atoms with van der Waals surface area (Å²) in [6, 6.07) is 5.98. The highest BCUT2D eigenvalue weighted by Crippen LogP contribution is 2.30. The molecule has 0 bridgehead atoms. The average molecular weight is 324 g/mol. The van der Waals surface area contributed by atoms with Gasteiger partial charge in [0, 0.05) is 41.8 Å². The van der Waals surface area contributed by atoms with Gasteiger partial charge in [-0.15, -0.1) is 0 Å². The summed E-state index contributed by atoms with van der Waals surface area (Å²) in [7, 11) is 1.64. The van der Waals surface area contributed by atoms with Crippen LogP contribution in [0.3, 0.4) is 0 Å². The Labute approximate surface area is 139 Å². The predicted molar refractivity (Wildman–Crippen MR) is 94.4 cm³/mol. The Bertz CT molecular complexity index is 872. The van der Waals surface area contributed by atoms with Crippen molar-refractivity contribution in [3.8, 4) is 11.3 Å². The standard InChI is InChI=1S/C18H20N4O2/c1-12-14(15-9-13-5-3-7-20-18(13)21-15)10-22(11-17(19)23)16(12)6-4-8-24-2/h3-7,9-10H,8,11H2,1-2H3,(H2,19,23)(H,20,21)/b6-4-. The third kappa shape index (κ3) is 3.09. The summed E-state index contributed by atoms with van der Waals surface area (Å²) >= 11 is 0. The fourth-order valence-corrected chi connectivity index (χ4v) is 2.83. The van der Waals surface area contributed by atoms with Gasteiger partial charge >= 0.3 is 0 Å². The van der Waals surface area contributed by atoms with Crippen molar-refractivity contribution in [1.82, 2.24) is 14.5 Å². The number of methoxy groups -OCH3 is 1. The molecule has 0 saturated heterocycles. The fraction of sp³-hybridized carbons (Fsp3) is 0.222. The number of carbonyl (C=O) groups is 1. The molecule has 124 valence electrons. The molecule has 0 unspecified atom stereocenters. The van der Waals surface area contributed by atoms with Gasteiger partial charge in [-0.25, -0.2) is 4.98 Å². The number of nitrogens with two attached hydrogens (primary N) is 1. The van der Waals surface area contributed by atoms with Gasteiger partial charge in [0.2, 0.25) is 5.91 Å². The first kappa shape index (κ1) is 16.0. The Balaban J connectivity index is 2.08. The molecule has 3 N–H and O–H groups in total. The van der Waals surface area contributed by atoms with Crippen LogP contribution in [0.25, 0.3) is 28.4 Å². The molecular formula is C18H20N4O2. The number of amides is 1. The summed E-state index contributed by atoms with van der Waals surface area (Å²) < 4.78 is 6.91. The normalized spacial score (nSPS) is 11.6. The van der Waals surface area contributed by atoms with Gasteiger partial charge in [-0.3, -0.25) is 4.79 Å². The van der Waals surface area contributed by atoms with E-state index < -0.39 is 0 Å². The zero-order valence-electron chi connectivity index (χ0n) is 13.7. The topological polar surface area (TPSA) is 85.9 Å². The number of carbonyl (C=O) groups excluding carboxylic acids is 1. The molecule has 0 fully saturated rings. The van der Waals surface area contributed by atoms with Crippen molar-refractivity contribution < 1.29 is 9.53 Å². The Hall–Kier alpha value is -2.86. The van der Waals surface area contributed by atoms with Crippen molar-refractivity contribution in [3.05, 3.63) is 47.9 Å². The first-order valence-electron chi connectivity index (χ1n) is 7.67. The number of aromatic amines is 1. The lowest BCUT2D eigenvalue weighted by atomic mass is 10.1. The lowest BCUT2D eigenvalue weighted by molar-refractivity contribution is -0.118. The van der Waals surface area contributed by atoms with Gasteiger partial charge in [-0.05, 0) is 36.8 Å². The largest absolute Gasteiger partial charge is 0.381 e. The van der Waals surface area contributed by atoms with Crippen LogP contribution in [0.4, 0.5) is 0 Å². The number of H-pyrrole nitrogens is 1. The van der Waals surface area contributed by atoms with Crippen molar-refractivity contribution in [2.24, 2.45) is 5.73 Å². The van der Waals surface area contributed by atoms with E-state index in [0.29, 0.717) is 6.61 Å². The van der Waals surface area contributed by atoms with Crippen LogP contribution in [0, 0.1) is 6.92 Å². The molecule has 0 saturated carbocycles. The number of nitrogens with one attached hydrogen (secondary N) is 1. The Morgan fingerprint density at radius 3 is 3.04 bits per heavy atom. The molecule has 0 spiro atoms. The lowest BCUT2D eigenvalue weighted by Crippen LogP contribution is -2.18. The molecule has 3 aromatic rings. The molecule has 1 amide bonds. The maximum Gasteiger partial charge on any atom is 0.237 e. The van der Waals surface area contributed by atoms with Crippen molar-refractivity contribution in [2.45, 2.75) is 13.5 Å². The van der Waals surface area contributed by atoms with Gasteiger partial charge in [-0.2, -0.15) is 0 Å². The molecule has 3 heterocycles. The van der Waals surface area contributed by atoms with E-state index in [0.717, 1.165) is 33.5 Å². The minimum absolute atomic E-state index is 0.131. The van der Waals surface area contributed by atoms with E-state index >= 15 is 0 Å². The summed E-state index contributed by atoms with van der Waals surface area (Å²) in [5, 5.41) is 1.05. The number of hydrogen-bond donors (Lipinski definition) is 2. The molecule has 0 aliphatic heterocycles.